The lowest BCUT2D eigenvalue weighted by Gasteiger charge is -2.32. The van der Waals surface area contributed by atoms with Gasteiger partial charge in [0.2, 0.25) is 5.88 Å². The van der Waals surface area contributed by atoms with Crippen LogP contribution in [0, 0.1) is 6.92 Å². The molecule has 0 saturated carbocycles. The quantitative estimate of drug-likeness (QED) is 0.704. The van der Waals surface area contributed by atoms with Crippen LogP contribution in [0.3, 0.4) is 0 Å². The monoisotopic (exact) mass is 364 g/mol. The Kier molecular flexibility index (Phi) is 4.78. The van der Waals surface area contributed by atoms with Crippen LogP contribution in [0.4, 0.5) is 0 Å². The maximum atomic E-state index is 13.1. The van der Waals surface area contributed by atoms with E-state index in [0.29, 0.717) is 24.5 Å². The molecule has 3 heterocycles. The van der Waals surface area contributed by atoms with Gasteiger partial charge < -0.3 is 9.64 Å². The minimum atomic E-state index is 0.0142. The molecule has 8 heteroatoms. The molecule has 138 valence electrons. The number of likely N-dealkylation sites (tertiary alicyclic amines) is 1. The molecule has 1 aromatic carbocycles. The third-order valence-electron chi connectivity index (χ3n) is 4.64. The molecule has 0 N–H and O–H groups in total. The summed E-state index contributed by atoms with van der Waals surface area (Å²) < 4.78 is 7.62. The number of ether oxygens (including phenoxy) is 1. The fourth-order valence-corrected chi connectivity index (χ4v) is 3.24. The van der Waals surface area contributed by atoms with Crippen LogP contribution in [0.1, 0.15) is 28.8 Å². The van der Waals surface area contributed by atoms with Crippen LogP contribution in [0.5, 0.6) is 5.88 Å². The number of piperidine rings is 1. The Morgan fingerprint density at radius 3 is 2.63 bits per heavy atom. The highest BCUT2D eigenvalue weighted by molar-refractivity contribution is 5.98. The topological polar surface area (TPSA) is 86.0 Å². The molecule has 0 bridgehead atoms. The number of rotatable bonds is 4. The highest BCUT2D eigenvalue weighted by atomic mass is 16.5. The van der Waals surface area contributed by atoms with Gasteiger partial charge in [0.05, 0.1) is 17.4 Å². The van der Waals surface area contributed by atoms with Gasteiger partial charge in [-0.25, -0.2) is 4.98 Å². The van der Waals surface area contributed by atoms with Gasteiger partial charge in [-0.05, 0) is 19.1 Å². The van der Waals surface area contributed by atoms with E-state index in [-0.39, 0.29) is 12.0 Å². The molecule has 0 radical (unpaired) electrons. The van der Waals surface area contributed by atoms with Gasteiger partial charge >= 0.3 is 0 Å². The molecule has 2 aromatic heterocycles. The molecule has 27 heavy (non-hydrogen) atoms. The van der Waals surface area contributed by atoms with Crippen LogP contribution < -0.4 is 4.74 Å². The summed E-state index contributed by atoms with van der Waals surface area (Å²) in [7, 11) is 0. The van der Waals surface area contributed by atoms with Crippen LogP contribution in [0.15, 0.2) is 49.4 Å². The van der Waals surface area contributed by atoms with Crippen molar-refractivity contribution in [1.82, 2.24) is 29.6 Å². The van der Waals surface area contributed by atoms with Gasteiger partial charge in [0.25, 0.3) is 5.91 Å². The van der Waals surface area contributed by atoms with E-state index < -0.39 is 0 Å². The first-order chi connectivity index (χ1) is 13.2. The molecular weight excluding hydrogens is 344 g/mol. The fourth-order valence-electron chi connectivity index (χ4n) is 3.24. The van der Waals surface area contributed by atoms with Crippen LogP contribution in [0.2, 0.25) is 0 Å². The second-order valence-electron chi connectivity index (χ2n) is 6.54. The number of carbonyl (C=O) groups is 1. The summed E-state index contributed by atoms with van der Waals surface area (Å²) >= 11 is 0. The SMILES string of the molecule is Cc1ccc(-n2cnnc2)c(C(=O)N2CCC(Oc3cnccn3)CC2)c1. The molecule has 0 spiro atoms. The van der Waals surface area contributed by atoms with Crippen LogP contribution in [-0.4, -0.2) is 54.7 Å². The van der Waals surface area contributed by atoms with Crippen molar-refractivity contribution in [2.75, 3.05) is 13.1 Å². The lowest BCUT2D eigenvalue weighted by atomic mass is 10.0. The molecule has 1 aliphatic heterocycles. The summed E-state index contributed by atoms with van der Waals surface area (Å²) in [5.74, 6) is 0.538. The Bertz CT molecular complexity index is 905. The Labute approximate surface area is 156 Å². The predicted octanol–water partition coefficient (Wildman–Crippen LogP) is 2.05. The molecular formula is C19H20N6O2. The minimum Gasteiger partial charge on any atom is -0.473 e. The first-order valence-corrected chi connectivity index (χ1v) is 8.88. The molecule has 0 atom stereocenters. The summed E-state index contributed by atoms with van der Waals surface area (Å²) in [5, 5.41) is 7.69. The molecule has 0 unspecified atom stereocenters. The number of hydrogen-bond acceptors (Lipinski definition) is 6. The smallest absolute Gasteiger partial charge is 0.255 e. The van der Waals surface area contributed by atoms with E-state index in [1.807, 2.05) is 30.0 Å². The Morgan fingerprint density at radius 1 is 1.15 bits per heavy atom. The van der Waals surface area contributed by atoms with Crippen molar-refractivity contribution in [2.24, 2.45) is 0 Å². The van der Waals surface area contributed by atoms with Crippen molar-refractivity contribution in [1.29, 1.82) is 0 Å². The number of carbonyl (C=O) groups excluding carboxylic acids is 1. The Hall–Kier alpha value is -3.29. The maximum absolute atomic E-state index is 13.1. The summed E-state index contributed by atoms with van der Waals surface area (Å²) in [5.41, 5.74) is 2.48. The molecule has 4 rings (SSSR count). The van der Waals surface area contributed by atoms with Gasteiger partial charge in [0.1, 0.15) is 18.8 Å². The number of hydrogen-bond donors (Lipinski definition) is 0. The van der Waals surface area contributed by atoms with E-state index in [0.717, 1.165) is 24.1 Å². The normalized spacial score (nSPS) is 14.9. The van der Waals surface area contributed by atoms with Crippen LogP contribution >= 0.6 is 0 Å². The van der Waals surface area contributed by atoms with Crippen molar-refractivity contribution in [3.8, 4) is 11.6 Å². The predicted molar refractivity (Wildman–Crippen MR) is 97.7 cm³/mol. The summed E-state index contributed by atoms with van der Waals surface area (Å²) in [6, 6.07) is 5.82. The lowest BCUT2D eigenvalue weighted by molar-refractivity contribution is 0.0587. The molecule has 1 aliphatic rings. The zero-order valence-corrected chi connectivity index (χ0v) is 15.0. The second-order valence-corrected chi connectivity index (χ2v) is 6.54. The summed E-state index contributed by atoms with van der Waals surface area (Å²) in [6.07, 6.45) is 9.59. The van der Waals surface area contributed by atoms with Crippen molar-refractivity contribution in [3.05, 3.63) is 60.6 Å². The Balaban J connectivity index is 1.46. The van der Waals surface area contributed by atoms with Crippen molar-refractivity contribution < 1.29 is 9.53 Å². The average Bonchev–Trinajstić information content (AvgIpc) is 3.23. The third-order valence-corrected chi connectivity index (χ3v) is 4.64. The molecule has 0 aliphatic carbocycles. The number of aromatic nitrogens is 5. The average molecular weight is 364 g/mol. The van der Waals surface area contributed by atoms with E-state index in [1.54, 1.807) is 35.8 Å². The highest BCUT2D eigenvalue weighted by Crippen LogP contribution is 2.22. The van der Waals surface area contributed by atoms with Gasteiger partial charge in [-0.3, -0.25) is 14.3 Å². The number of nitrogens with zero attached hydrogens (tertiary/aromatic N) is 6. The van der Waals surface area contributed by atoms with E-state index in [9.17, 15) is 4.79 Å². The van der Waals surface area contributed by atoms with Gasteiger partial charge in [-0.15, -0.1) is 10.2 Å². The van der Waals surface area contributed by atoms with E-state index >= 15 is 0 Å². The van der Waals surface area contributed by atoms with Crippen LogP contribution in [-0.2, 0) is 0 Å². The van der Waals surface area contributed by atoms with Gasteiger partial charge in [-0.1, -0.05) is 11.6 Å². The van der Waals surface area contributed by atoms with E-state index in [4.69, 9.17) is 4.74 Å². The molecule has 1 saturated heterocycles. The van der Waals surface area contributed by atoms with Gasteiger partial charge in [0.15, 0.2) is 0 Å². The third kappa shape index (κ3) is 3.79. The summed E-state index contributed by atoms with van der Waals surface area (Å²) in [6.45, 7) is 3.26. The van der Waals surface area contributed by atoms with Gasteiger partial charge in [-0.2, -0.15) is 0 Å². The fraction of sp³-hybridized carbons (Fsp3) is 0.316. The standard InChI is InChI=1S/C19H20N6O2/c1-14-2-3-17(25-12-22-23-13-25)16(10-14)19(26)24-8-4-15(5-9-24)27-18-11-20-6-7-21-18/h2-3,6-7,10-13,15H,4-5,8-9H2,1H3. The number of amides is 1. The van der Waals surface area contributed by atoms with E-state index in [2.05, 4.69) is 20.2 Å². The summed E-state index contributed by atoms with van der Waals surface area (Å²) in [4.78, 5) is 23.2. The molecule has 8 nitrogen and oxygen atoms in total. The van der Waals surface area contributed by atoms with Crippen molar-refractivity contribution in [2.45, 2.75) is 25.9 Å². The van der Waals surface area contributed by atoms with Crippen molar-refractivity contribution >= 4 is 5.91 Å². The zero-order chi connectivity index (χ0) is 18.6. The molecule has 1 amide bonds. The van der Waals surface area contributed by atoms with Crippen molar-refractivity contribution in [3.63, 3.8) is 0 Å². The largest absolute Gasteiger partial charge is 0.473 e. The van der Waals surface area contributed by atoms with E-state index in [1.165, 1.54) is 0 Å². The number of benzene rings is 1. The second kappa shape index (κ2) is 7.53. The lowest BCUT2D eigenvalue weighted by Crippen LogP contribution is -2.42. The van der Waals surface area contributed by atoms with Crippen LogP contribution in [0.25, 0.3) is 5.69 Å². The highest BCUT2D eigenvalue weighted by Gasteiger charge is 2.26. The first-order valence-electron chi connectivity index (χ1n) is 8.88. The molecule has 1 fully saturated rings. The van der Waals surface area contributed by atoms with Gasteiger partial charge in [0, 0.05) is 38.3 Å². The maximum Gasteiger partial charge on any atom is 0.255 e. The minimum absolute atomic E-state index is 0.0142. The first kappa shape index (κ1) is 17.1. The number of aryl methyl sites for hydroxylation is 1. The Morgan fingerprint density at radius 2 is 1.93 bits per heavy atom. The zero-order valence-electron chi connectivity index (χ0n) is 15.0. The molecule has 3 aromatic rings.